The zero-order valence-corrected chi connectivity index (χ0v) is 13.5. The number of anilines is 1. The summed E-state index contributed by atoms with van der Waals surface area (Å²) in [7, 11) is 0. The molecule has 1 N–H and O–H groups in total. The zero-order chi connectivity index (χ0) is 16.2. The van der Waals surface area contributed by atoms with Crippen LogP contribution in [0.1, 0.15) is 29.9 Å². The summed E-state index contributed by atoms with van der Waals surface area (Å²) < 4.78 is 5.12. The van der Waals surface area contributed by atoms with Gasteiger partial charge in [0, 0.05) is 43.5 Å². The van der Waals surface area contributed by atoms with E-state index in [9.17, 15) is 4.79 Å². The van der Waals surface area contributed by atoms with Crippen molar-refractivity contribution in [1.82, 2.24) is 20.4 Å². The van der Waals surface area contributed by atoms with Gasteiger partial charge in [-0.3, -0.25) is 9.78 Å². The highest BCUT2D eigenvalue weighted by molar-refractivity contribution is 5.79. The lowest BCUT2D eigenvalue weighted by atomic mass is 9.96. The van der Waals surface area contributed by atoms with Crippen molar-refractivity contribution in [2.45, 2.75) is 33.2 Å². The third-order valence-electron chi connectivity index (χ3n) is 4.36. The minimum Gasteiger partial charge on any atom is -0.361 e. The number of amides is 1. The van der Waals surface area contributed by atoms with Crippen LogP contribution in [0.5, 0.6) is 0 Å². The van der Waals surface area contributed by atoms with Crippen LogP contribution in [-0.2, 0) is 11.3 Å². The van der Waals surface area contributed by atoms with Gasteiger partial charge < -0.3 is 14.7 Å². The topological polar surface area (TPSA) is 84.2 Å². The SMILES string of the molecule is Cc1noc(C)c1CNC(=O)C1CCN(c2cnccn2)CC1. The van der Waals surface area contributed by atoms with Gasteiger partial charge in [-0.25, -0.2) is 4.98 Å². The number of hydrogen-bond donors (Lipinski definition) is 1. The number of carbonyl (C=O) groups is 1. The molecule has 1 saturated heterocycles. The van der Waals surface area contributed by atoms with Crippen LogP contribution in [0.2, 0.25) is 0 Å². The van der Waals surface area contributed by atoms with Crippen LogP contribution in [0, 0.1) is 19.8 Å². The molecule has 0 bridgehead atoms. The fourth-order valence-corrected chi connectivity index (χ4v) is 2.90. The van der Waals surface area contributed by atoms with Gasteiger partial charge in [-0.15, -0.1) is 0 Å². The van der Waals surface area contributed by atoms with Gasteiger partial charge in [-0.2, -0.15) is 0 Å². The molecular weight excluding hydrogens is 294 g/mol. The van der Waals surface area contributed by atoms with Crippen LogP contribution in [0.25, 0.3) is 0 Å². The van der Waals surface area contributed by atoms with Crippen LogP contribution in [0.4, 0.5) is 5.82 Å². The van der Waals surface area contributed by atoms with Crippen molar-refractivity contribution in [3.63, 3.8) is 0 Å². The summed E-state index contributed by atoms with van der Waals surface area (Å²) in [6.45, 7) is 5.87. The van der Waals surface area contributed by atoms with Gasteiger partial charge in [0.1, 0.15) is 11.6 Å². The lowest BCUT2D eigenvalue weighted by Gasteiger charge is -2.31. The minimum absolute atomic E-state index is 0.0448. The van der Waals surface area contributed by atoms with E-state index >= 15 is 0 Å². The molecule has 23 heavy (non-hydrogen) atoms. The Kier molecular flexibility index (Phi) is 4.55. The molecule has 0 saturated carbocycles. The Balaban J connectivity index is 1.50. The predicted molar refractivity (Wildman–Crippen MR) is 84.8 cm³/mol. The maximum Gasteiger partial charge on any atom is 0.223 e. The molecule has 2 aromatic rings. The Bertz CT molecular complexity index is 643. The van der Waals surface area contributed by atoms with Crippen LogP contribution >= 0.6 is 0 Å². The number of piperidine rings is 1. The first kappa shape index (κ1) is 15.5. The lowest BCUT2D eigenvalue weighted by Crippen LogP contribution is -2.40. The number of carbonyl (C=O) groups excluding carboxylic acids is 1. The molecule has 1 fully saturated rings. The molecular formula is C16H21N5O2. The van der Waals surface area contributed by atoms with Crippen molar-refractivity contribution in [1.29, 1.82) is 0 Å². The van der Waals surface area contributed by atoms with Gasteiger partial charge in [0.2, 0.25) is 5.91 Å². The number of hydrogen-bond acceptors (Lipinski definition) is 6. The molecule has 0 aromatic carbocycles. The molecule has 122 valence electrons. The second kappa shape index (κ2) is 6.76. The molecule has 0 aliphatic carbocycles. The van der Waals surface area contributed by atoms with Crippen LogP contribution < -0.4 is 10.2 Å². The lowest BCUT2D eigenvalue weighted by molar-refractivity contribution is -0.125. The maximum atomic E-state index is 12.4. The van der Waals surface area contributed by atoms with E-state index in [1.165, 1.54) is 0 Å². The first-order chi connectivity index (χ1) is 11.1. The van der Waals surface area contributed by atoms with E-state index in [0.717, 1.165) is 48.8 Å². The van der Waals surface area contributed by atoms with E-state index in [1.807, 2.05) is 13.8 Å². The summed E-state index contributed by atoms with van der Waals surface area (Å²) in [6, 6.07) is 0. The Labute approximate surface area is 135 Å². The largest absolute Gasteiger partial charge is 0.361 e. The van der Waals surface area contributed by atoms with E-state index in [0.29, 0.717) is 6.54 Å². The monoisotopic (exact) mass is 315 g/mol. The standard InChI is InChI=1S/C16H21N5O2/c1-11-14(12(2)23-20-11)9-19-16(22)13-3-7-21(8-4-13)15-10-17-5-6-18-15/h5-6,10,13H,3-4,7-9H2,1-2H3,(H,19,22). The van der Waals surface area contributed by atoms with Crippen LogP contribution in [0.15, 0.2) is 23.1 Å². The average Bonchev–Trinajstić information content (AvgIpc) is 2.92. The van der Waals surface area contributed by atoms with E-state index in [4.69, 9.17) is 4.52 Å². The number of aryl methyl sites for hydroxylation is 2. The zero-order valence-electron chi connectivity index (χ0n) is 13.5. The minimum atomic E-state index is 0.0448. The molecule has 7 heteroatoms. The highest BCUT2D eigenvalue weighted by Crippen LogP contribution is 2.21. The second-order valence-corrected chi connectivity index (χ2v) is 5.85. The highest BCUT2D eigenvalue weighted by atomic mass is 16.5. The number of nitrogens with one attached hydrogen (secondary N) is 1. The smallest absolute Gasteiger partial charge is 0.223 e. The second-order valence-electron chi connectivity index (χ2n) is 5.85. The third kappa shape index (κ3) is 3.49. The Morgan fingerprint density at radius 1 is 1.35 bits per heavy atom. The molecule has 1 amide bonds. The van der Waals surface area contributed by atoms with Crippen molar-refractivity contribution < 1.29 is 9.32 Å². The molecule has 3 heterocycles. The van der Waals surface area contributed by atoms with Crippen LogP contribution in [-0.4, -0.2) is 34.1 Å². The number of nitrogens with zero attached hydrogens (tertiary/aromatic N) is 4. The summed E-state index contributed by atoms with van der Waals surface area (Å²) in [6.07, 6.45) is 6.77. The molecule has 0 spiro atoms. The summed E-state index contributed by atoms with van der Waals surface area (Å²) >= 11 is 0. The van der Waals surface area contributed by atoms with Gasteiger partial charge in [-0.05, 0) is 26.7 Å². The van der Waals surface area contributed by atoms with Crippen molar-refractivity contribution in [3.05, 3.63) is 35.6 Å². The van der Waals surface area contributed by atoms with Crippen molar-refractivity contribution in [2.24, 2.45) is 5.92 Å². The summed E-state index contributed by atoms with van der Waals surface area (Å²) in [5.41, 5.74) is 1.80. The van der Waals surface area contributed by atoms with E-state index in [-0.39, 0.29) is 11.8 Å². The normalized spacial score (nSPS) is 15.7. The molecule has 2 aromatic heterocycles. The summed E-state index contributed by atoms with van der Waals surface area (Å²) in [5, 5.41) is 6.91. The van der Waals surface area contributed by atoms with E-state index in [2.05, 4.69) is 25.3 Å². The highest BCUT2D eigenvalue weighted by Gasteiger charge is 2.25. The summed E-state index contributed by atoms with van der Waals surface area (Å²) in [4.78, 5) is 22.9. The quantitative estimate of drug-likeness (QED) is 0.923. The third-order valence-corrected chi connectivity index (χ3v) is 4.36. The Morgan fingerprint density at radius 2 is 2.13 bits per heavy atom. The molecule has 0 unspecified atom stereocenters. The van der Waals surface area contributed by atoms with Gasteiger partial charge >= 0.3 is 0 Å². The van der Waals surface area contributed by atoms with Gasteiger partial charge in [0.05, 0.1) is 11.9 Å². The first-order valence-corrected chi connectivity index (χ1v) is 7.85. The Morgan fingerprint density at radius 3 is 2.74 bits per heavy atom. The van der Waals surface area contributed by atoms with Gasteiger partial charge in [0.25, 0.3) is 0 Å². The molecule has 0 atom stereocenters. The first-order valence-electron chi connectivity index (χ1n) is 7.85. The molecule has 1 aliphatic rings. The van der Waals surface area contributed by atoms with E-state index < -0.39 is 0 Å². The molecule has 1 aliphatic heterocycles. The number of rotatable bonds is 4. The predicted octanol–water partition coefficient (Wildman–Crippen LogP) is 1.61. The van der Waals surface area contributed by atoms with Gasteiger partial charge in [0.15, 0.2) is 0 Å². The van der Waals surface area contributed by atoms with Gasteiger partial charge in [-0.1, -0.05) is 5.16 Å². The summed E-state index contributed by atoms with van der Waals surface area (Å²) in [5.74, 6) is 1.79. The van der Waals surface area contributed by atoms with E-state index in [1.54, 1.807) is 18.6 Å². The van der Waals surface area contributed by atoms with Crippen molar-refractivity contribution >= 4 is 11.7 Å². The van der Waals surface area contributed by atoms with Crippen molar-refractivity contribution in [3.8, 4) is 0 Å². The number of aromatic nitrogens is 3. The molecule has 7 nitrogen and oxygen atoms in total. The molecule has 3 rings (SSSR count). The fourth-order valence-electron chi connectivity index (χ4n) is 2.90. The Hall–Kier alpha value is -2.44. The average molecular weight is 315 g/mol. The maximum absolute atomic E-state index is 12.4. The van der Waals surface area contributed by atoms with Crippen LogP contribution in [0.3, 0.4) is 0 Å². The molecule has 0 radical (unpaired) electrons. The van der Waals surface area contributed by atoms with Crippen molar-refractivity contribution in [2.75, 3.05) is 18.0 Å². The fraction of sp³-hybridized carbons (Fsp3) is 0.500.